The highest BCUT2D eigenvalue weighted by molar-refractivity contribution is 6.19. The molecule has 3 rings (SSSR count). The zero-order valence-electron chi connectivity index (χ0n) is 12.9. The Morgan fingerprint density at radius 1 is 1.39 bits per heavy atom. The number of carbonyl (C=O) groups excluding carboxylic acids is 2. The number of carbonyl (C=O) groups is 2. The van der Waals surface area contributed by atoms with Crippen LogP contribution in [0.3, 0.4) is 0 Å². The number of aromatic amines is 1. The van der Waals surface area contributed by atoms with E-state index in [1.54, 1.807) is 12.1 Å². The molecule has 0 bridgehead atoms. The van der Waals surface area contributed by atoms with Crippen molar-refractivity contribution in [3.05, 3.63) is 29.0 Å². The number of rotatable bonds is 4. The van der Waals surface area contributed by atoms with Gasteiger partial charge in [0.05, 0.1) is 11.8 Å². The Balaban J connectivity index is 2.05. The van der Waals surface area contributed by atoms with Crippen LogP contribution in [0.1, 0.15) is 26.4 Å². The predicted octanol–water partition coefficient (Wildman–Crippen LogP) is 0.119. The molecule has 1 aromatic carbocycles. The molecular weight excluding hydrogens is 296 g/mol. The zero-order chi connectivity index (χ0) is 16.6. The average Bonchev–Trinajstić information content (AvgIpc) is 2.75. The van der Waals surface area contributed by atoms with Crippen LogP contribution in [0.2, 0.25) is 0 Å². The van der Waals surface area contributed by atoms with Gasteiger partial charge in [-0.2, -0.15) is 5.10 Å². The number of aromatic nitrogens is 1. The Morgan fingerprint density at radius 2 is 2.17 bits per heavy atom. The number of nitrogens with two attached hydrogens (primary N) is 1. The molecule has 2 aromatic rings. The SMILES string of the molecule is CN(C)CCNC(=O)c1[nH]c2cc(N)cc3c2c1C=NNC3=O. The summed E-state index contributed by atoms with van der Waals surface area (Å²) in [5.74, 6) is -0.598. The number of nitrogens with zero attached hydrogens (tertiary/aromatic N) is 2. The van der Waals surface area contributed by atoms with E-state index >= 15 is 0 Å². The molecule has 0 atom stereocenters. The number of hydrazone groups is 1. The maximum atomic E-state index is 12.4. The smallest absolute Gasteiger partial charge is 0.272 e. The molecule has 8 nitrogen and oxygen atoms in total. The van der Waals surface area contributed by atoms with E-state index in [0.29, 0.717) is 40.0 Å². The number of benzene rings is 1. The molecule has 0 unspecified atom stereocenters. The third kappa shape index (κ3) is 2.76. The summed E-state index contributed by atoms with van der Waals surface area (Å²) in [6, 6.07) is 3.28. The summed E-state index contributed by atoms with van der Waals surface area (Å²) in [7, 11) is 3.87. The van der Waals surface area contributed by atoms with E-state index < -0.39 is 0 Å². The van der Waals surface area contributed by atoms with Crippen molar-refractivity contribution in [1.82, 2.24) is 20.6 Å². The zero-order valence-corrected chi connectivity index (χ0v) is 12.9. The molecule has 23 heavy (non-hydrogen) atoms. The van der Waals surface area contributed by atoms with Gasteiger partial charge >= 0.3 is 0 Å². The normalized spacial score (nSPS) is 13.3. The lowest BCUT2D eigenvalue weighted by Crippen LogP contribution is -2.32. The van der Waals surface area contributed by atoms with Gasteiger partial charge in [-0.25, -0.2) is 5.43 Å². The number of likely N-dealkylation sites (N-methyl/N-ethyl adjacent to an activating group) is 1. The molecule has 0 saturated heterocycles. The number of hydrogen-bond donors (Lipinski definition) is 4. The molecule has 1 aliphatic rings. The minimum Gasteiger partial charge on any atom is -0.399 e. The van der Waals surface area contributed by atoms with Crippen molar-refractivity contribution in [1.29, 1.82) is 0 Å². The van der Waals surface area contributed by atoms with Crippen LogP contribution in [0.25, 0.3) is 10.9 Å². The number of anilines is 1. The van der Waals surface area contributed by atoms with Crippen LogP contribution in [-0.4, -0.2) is 55.1 Å². The average molecular weight is 314 g/mol. The van der Waals surface area contributed by atoms with Gasteiger partial charge < -0.3 is 20.9 Å². The Morgan fingerprint density at radius 3 is 2.91 bits per heavy atom. The highest BCUT2D eigenvalue weighted by Crippen LogP contribution is 2.28. The van der Waals surface area contributed by atoms with Crippen LogP contribution in [-0.2, 0) is 0 Å². The molecule has 2 amide bonds. The molecule has 8 heteroatoms. The number of nitrogens with one attached hydrogen (secondary N) is 3. The second-order valence-electron chi connectivity index (χ2n) is 5.66. The topological polar surface area (TPSA) is 116 Å². The summed E-state index contributed by atoms with van der Waals surface area (Å²) in [4.78, 5) is 29.5. The first-order chi connectivity index (χ1) is 11.0. The van der Waals surface area contributed by atoms with Crippen LogP contribution >= 0.6 is 0 Å². The molecule has 0 fully saturated rings. The van der Waals surface area contributed by atoms with Gasteiger partial charge in [0.25, 0.3) is 11.8 Å². The van der Waals surface area contributed by atoms with Gasteiger partial charge in [0.15, 0.2) is 0 Å². The minimum absolute atomic E-state index is 0.247. The van der Waals surface area contributed by atoms with Crippen molar-refractivity contribution in [2.75, 3.05) is 32.9 Å². The Bertz CT molecular complexity index is 821. The van der Waals surface area contributed by atoms with Gasteiger partial charge in [0.2, 0.25) is 0 Å². The molecule has 1 aliphatic heterocycles. The predicted molar refractivity (Wildman–Crippen MR) is 88.7 cm³/mol. The standard InChI is InChI=1S/C15H18N6O2/c1-21(2)4-3-17-15(23)13-10-7-18-20-14(22)9-5-8(16)6-11(19-13)12(9)10/h5-7,19H,3-4,16H2,1-2H3,(H,17,23)(H,20,22). The number of hydrogen-bond acceptors (Lipinski definition) is 5. The summed E-state index contributed by atoms with van der Waals surface area (Å²) < 4.78 is 0. The van der Waals surface area contributed by atoms with Crippen molar-refractivity contribution in [2.45, 2.75) is 0 Å². The van der Waals surface area contributed by atoms with Gasteiger partial charge in [-0.1, -0.05) is 0 Å². The molecule has 1 aromatic heterocycles. The largest absolute Gasteiger partial charge is 0.399 e. The first-order valence-electron chi connectivity index (χ1n) is 7.19. The Labute approximate surface area is 132 Å². The second kappa shape index (κ2) is 5.73. The molecule has 120 valence electrons. The number of nitrogen functional groups attached to an aromatic ring is 1. The van der Waals surface area contributed by atoms with Crippen molar-refractivity contribution >= 4 is 34.6 Å². The van der Waals surface area contributed by atoms with E-state index in [1.165, 1.54) is 6.21 Å². The molecule has 2 heterocycles. The van der Waals surface area contributed by atoms with E-state index in [0.717, 1.165) is 6.54 Å². The lowest BCUT2D eigenvalue weighted by molar-refractivity contribution is 0.0942. The second-order valence-corrected chi connectivity index (χ2v) is 5.66. The molecule has 0 saturated carbocycles. The Hall–Kier alpha value is -2.87. The van der Waals surface area contributed by atoms with Crippen molar-refractivity contribution in [2.24, 2.45) is 5.10 Å². The minimum atomic E-state index is -0.351. The number of amides is 2. The summed E-state index contributed by atoms with van der Waals surface area (Å²) in [6.45, 7) is 1.25. The lowest BCUT2D eigenvalue weighted by Gasteiger charge is -2.10. The van der Waals surface area contributed by atoms with E-state index in [4.69, 9.17) is 5.73 Å². The highest BCUT2D eigenvalue weighted by atomic mass is 16.2. The highest BCUT2D eigenvalue weighted by Gasteiger charge is 2.23. The van der Waals surface area contributed by atoms with Gasteiger partial charge in [-0.05, 0) is 26.2 Å². The van der Waals surface area contributed by atoms with Crippen molar-refractivity contribution in [3.8, 4) is 0 Å². The van der Waals surface area contributed by atoms with Gasteiger partial charge in [0, 0.05) is 35.2 Å². The summed E-state index contributed by atoms with van der Waals surface area (Å²) >= 11 is 0. The Kier molecular flexibility index (Phi) is 3.75. The van der Waals surface area contributed by atoms with E-state index in [2.05, 4.69) is 20.8 Å². The first kappa shape index (κ1) is 15.0. The first-order valence-corrected chi connectivity index (χ1v) is 7.19. The maximum absolute atomic E-state index is 12.4. The fraction of sp³-hybridized carbons (Fsp3) is 0.267. The van der Waals surface area contributed by atoms with E-state index in [1.807, 2.05) is 19.0 Å². The van der Waals surface area contributed by atoms with Crippen molar-refractivity contribution < 1.29 is 9.59 Å². The van der Waals surface area contributed by atoms with Gasteiger partial charge in [-0.15, -0.1) is 0 Å². The third-order valence-electron chi connectivity index (χ3n) is 3.64. The van der Waals surface area contributed by atoms with Crippen LogP contribution in [0.15, 0.2) is 17.2 Å². The van der Waals surface area contributed by atoms with Gasteiger partial charge in [0.1, 0.15) is 5.69 Å². The van der Waals surface area contributed by atoms with Crippen LogP contribution < -0.4 is 16.5 Å². The van der Waals surface area contributed by atoms with E-state index in [-0.39, 0.29) is 11.8 Å². The maximum Gasteiger partial charge on any atom is 0.272 e. The number of H-pyrrole nitrogens is 1. The van der Waals surface area contributed by atoms with Crippen molar-refractivity contribution in [3.63, 3.8) is 0 Å². The molecule has 0 spiro atoms. The fourth-order valence-electron chi connectivity index (χ4n) is 2.56. The lowest BCUT2D eigenvalue weighted by atomic mass is 10.0. The summed E-state index contributed by atoms with van der Waals surface area (Å²) in [6.07, 6.45) is 1.48. The van der Waals surface area contributed by atoms with Crippen LogP contribution in [0.5, 0.6) is 0 Å². The van der Waals surface area contributed by atoms with E-state index in [9.17, 15) is 9.59 Å². The summed E-state index contributed by atoms with van der Waals surface area (Å²) in [5.41, 5.74) is 10.7. The monoisotopic (exact) mass is 314 g/mol. The summed E-state index contributed by atoms with van der Waals surface area (Å²) in [5, 5.41) is 7.37. The van der Waals surface area contributed by atoms with Crippen LogP contribution in [0, 0.1) is 0 Å². The molecule has 0 radical (unpaired) electrons. The van der Waals surface area contributed by atoms with Gasteiger partial charge in [-0.3, -0.25) is 9.59 Å². The fourth-order valence-corrected chi connectivity index (χ4v) is 2.56. The quantitative estimate of drug-likeness (QED) is 0.600. The molecule has 5 N–H and O–H groups in total. The molecule has 0 aliphatic carbocycles. The molecular formula is C15H18N6O2. The van der Waals surface area contributed by atoms with Crippen LogP contribution in [0.4, 0.5) is 5.69 Å². The third-order valence-corrected chi connectivity index (χ3v) is 3.64.